The summed E-state index contributed by atoms with van der Waals surface area (Å²) in [6.45, 7) is 1.98. The Morgan fingerprint density at radius 2 is 2.13 bits per heavy atom. The van der Waals surface area contributed by atoms with Gasteiger partial charge >= 0.3 is 0 Å². The van der Waals surface area contributed by atoms with Crippen LogP contribution >= 0.6 is 22.0 Å². The minimum absolute atomic E-state index is 0.0200. The number of ketones is 1. The molecule has 1 aliphatic rings. The van der Waals surface area contributed by atoms with E-state index in [1.165, 1.54) is 6.07 Å². The third kappa shape index (κ3) is 2.09. The van der Waals surface area contributed by atoms with E-state index in [1.54, 1.807) is 0 Å². The number of thiophene rings is 1. The molecule has 1 heterocycles. The summed E-state index contributed by atoms with van der Waals surface area (Å²) in [5.74, 6) is 0.307. The standard InChI is InChI=1S/C9H9ClO3S2/c1-5-2-7(11)6-4-9(15(10,12)13)14-8(6)3-5/h4-5H,2-3H2,1H3/t5-/m0/s1. The van der Waals surface area contributed by atoms with Crippen LogP contribution in [-0.2, 0) is 15.5 Å². The Bertz CT molecular complexity index is 515. The van der Waals surface area contributed by atoms with E-state index in [1.807, 2.05) is 6.92 Å². The van der Waals surface area contributed by atoms with Gasteiger partial charge in [0, 0.05) is 27.5 Å². The van der Waals surface area contributed by atoms with Crippen molar-refractivity contribution in [2.24, 2.45) is 5.92 Å². The molecule has 1 aromatic heterocycles. The molecule has 0 aromatic carbocycles. The average molecular weight is 265 g/mol. The van der Waals surface area contributed by atoms with E-state index < -0.39 is 9.05 Å². The topological polar surface area (TPSA) is 51.2 Å². The predicted molar refractivity (Wildman–Crippen MR) is 59.2 cm³/mol. The molecule has 1 aliphatic carbocycles. The molecule has 0 saturated carbocycles. The van der Waals surface area contributed by atoms with Gasteiger partial charge in [0.05, 0.1) is 0 Å². The average Bonchev–Trinajstić information content (AvgIpc) is 2.46. The Balaban J connectivity index is 2.53. The van der Waals surface area contributed by atoms with Crippen LogP contribution in [0.4, 0.5) is 0 Å². The summed E-state index contributed by atoms with van der Waals surface area (Å²) < 4.78 is 22.3. The number of Topliss-reactive ketones (excluding diaryl/α,β-unsaturated/α-hetero) is 1. The lowest BCUT2D eigenvalue weighted by molar-refractivity contribution is 0.0954. The second-order valence-electron chi connectivity index (χ2n) is 3.78. The summed E-state index contributed by atoms with van der Waals surface area (Å²) in [5.41, 5.74) is 0.539. The zero-order valence-electron chi connectivity index (χ0n) is 7.99. The maximum Gasteiger partial charge on any atom is 0.270 e. The van der Waals surface area contributed by atoms with Crippen molar-refractivity contribution < 1.29 is 13.2 Å². The number of carbonyl (C=O) groups excluding carboxylic acids is 1. The molecule has 0 saturated heterocycles. The van der Waals surface area contributed by atoms with E-state index in [2.05, 4.69) is 0 Å². The second kappa shape index (κ2) is 3.57. The Kier molecular flexibility index (Phi) is 2.65. The highest BCUT2D eigenvalue weighted by Crippen LogP contribution is 2.35. The first-order valence-corrected chi connectivity index (χ1v) is 7.61. The number of carbonyl (C=O) groups is 1. The van der Waals surface area contributed by atoms with Crippen LogP contribution < -0.4 is 0 Å². The lowest BCUT2D eigenvalue weighted by Crippen LogP contribution is -2.15. The molecule has 1 atom stereocenters. The zero-order valence-corrected chi connectivity index (χ0v) is 10.4. The maximum absolute atomic E-state index is 11.6. The molecule has 0 radical (unpaired) electrons. The highest BCUT2D eigenvalue weighted by atomic mass is 35.7. The van der Waals surface area contributed by atoms with Gasteiger partial charge in [-0.25, -0.2) is 8.42 Å². The summed E-state index contributed by atoms with van der Waals surface area (Å²) in [4.78, 5) is 12.5. The van der Waals surface area contributed by atoms with E-state index >= 15 is 0 Å². The molecule has 0 unspecified atom stereocenters. The van der Waals surface area contributed by atoms with Crippen molar-refractivity contribution in [1.29, 1.82) is 0 Å². The van der Waals surface area contributed by atoms with Crippen molar-refractivity contribution in [3.05, 3.63) is 16.5 Å². The first kappa shape index (κ1) is 11.1. The van der Waals surface area contributed by atoms with E-state index in [9.17, 15) is 13.2 Å². The molecule has 15 heavy (non-hydrogen) atoms. The van der Waals surface area contributed by atoms with Gasteiger partial charge in [-0.3, -0.25) is 4.79 Å². The molecule has 0 amide bonds. The van der Waals surface area contributed by atoms with Crippen LogP contribution in [0.15, 0.2) is 10.3 Å². The molecule has 0 fully saturated rings. The van der Waals surface area contributed by atoms with Crippen LogP contribution in [0.1, 0.15) is 28.6 Å². The molecule has 3 nitrogen and oxygen atoms in total. The summed E-state index contributed by atoms with van der Waals surface area (Å²) in [7, 11) is 1.53. The third-order valence-electron chi connectivity index (χ3n) is 2.39. The van der Waals surface area contributed by atoms with Gasteiger partial charge in [0.1, 0.15) is 4.21 Å². The normalized spacial score (nSPS) is 21.5. The Morgan fingerprint density at radius 1 is 1.47 bits per heavy atom. The quantitative estimate of drug-likeness (QED) is 0.732. The number of halogens is 1. The van der Waals surface area contributed by atoms with Crippen molar-refractivity contribution in [1.82, 2.24) is 0 Å². The van der Waals surface area contributed by atoms with Gasteiger partial charge in [-0.15, -0.1) is 11.3 Å². The SMILES string of the molecule is C[C@H]1CC(=O)c2cc(S(=O)(=O)Cl)sc2C1. The molecule has 1 aromatic rings. The fraction of sp³-hybridized carbons (Fsp3) is 0.444. The fourth-order valence-corrected chi connectivity index (χ4v) is 4.17. The van der Waals surface area contributed by atoms with Gasteiger partial charge in [-0.2, -0.15) is 0 Å². The summed E-state index contributed by atoms with van der Waals surface area (Å²) in [6, 6.07) is 1.40. The second-order valence-corrected chi connectivity index (χ2v) is 7.71. The summed E-state index contributed by atoms with van der Waals surface area (Å²) in [6.07, 6.45) is 1.25. The lowest BCUT2D eigenvalue weighted by atomic mass is 9.90. The minimum Gasteiger partial charge on any atom is -0.294 e. The van der Waals surface area contributed by atoms with Crippen molar-refractivity contribution in [3.8, 4) is 0 Å². The van der Waals surface area contributed by atoms with Gasteiger partial charge in [0.2, 0.25) is 0 Å². The molecule has 6 heteroatoms. The molecule has 0 spiro atoms. The smallest absolute Gasteiger partial charge is 0.270 e. The van der Waals surface area contributed by atoms with Crippen LogP contribution in [0.3, 0.4) is 0 Å². The fourth-order valence-electron chi connectivity index (χ4n) is 1.73. The minimum atomic E-state index is -3.70. The molecule has 2 rings (SSSR count). The van der Waals surface area contributed by atoms with E-state index in [0.29, 0.717) is 12.0 Å². The van der Waals surface area contributed by atoms with Crippen LogP contribution in [0.5, 0.6) is 0 Å². The highest BCUT2D eigenvalue weighted by Gasteiger charge is 2.27. The van der Waals surface area contributed by atoms with E-state index in [4.69, 9.17) is 10.7 Å². The molecule has 0 bridgehead atoms. The molecular weight excluding hydrogens is 256 g/mol. The van der Waals surface area contributed by atoms with E-state index in [0.717, 1.165) is 22.6 Å². The number of rotatable bonds is 1. The maximum atomic E-state index is 11.6. The molecule has 82 valence electrons. The van der Waals surface area contributed by atoms with Crippen LogP contribution in [0.25, 0.3) is 0 Å². The van der Waals surface area contributed by atoms with E-state index in [-0.39, 0.29) is 15.9 Å². The molecule has 0 aliphatic heterocycles. The first-order chi connectivity index (χ1) is 6.88. The van der Waals surface area contributed by atoms with Gasteiger partial charge in [0.15, 0.2) is 5.78 Å². The first-order valence-electron chi connectivity index (χ1n) is 4.48. The number of hydrogen-bond donors (Lipinski definition) is 0. The van der Waals surface area contributed by atoms with Gasteiger partial charge in [-0.1, -0.05) is 6.92 Å². The Morgan fingerprint density at radius 3 is 2.73 bits per heavy atom. The van der Waals surface area contributed by atoms with Gasteiger partial charge < -0.3 is 0 Å². The van der Waals surface area contributed by atoms with Crippen molar-refractivity contribution >= 4 is 36.9 Å². The van der Waals surface area contributed by atoms with Crippen LogP contribution in [0, 0.1) is 5.92 Å². The van der Waals surface area contributed by atoms with Crippen molar-refractivity contribution in [3.63, 3.8) is 0 Å². The monoisotopic (exact) mass is 264 g/mol. The summed E-state index contributed by atoms with van der Waals surface area (Å²) >= 11 is 1.11. The van der Waals surface area contributed by atoms with Crippen LogP contribution in [0.2, 0.25) is 0 Å². The predicted octanol–water partition coefficient (Wildman–Crippen LogP) is 2.44. The Labute approximate surface area is 96.5 Å². The summed E-state index contributed by atoms with van der Waals surface area (Å²) in [5, 5.41) is 0. The molecular formula is C9H9ClO3S2. The largest absolute Gasteiger partial charge is 0.294 e. The molecule has 0 N–H and O–H groups in total. The zero-order chi connectivity index (χ0) is 11.2. The Hall–Kier alpha value is -0.390. The lowest BCUT2D eigenvalue weighted by Gasteiger charge is -2.15. The highest BCUT2D eigenvalue weighted by molar-refractivity contribution is 8.15. The van der Waals surface area contributed by atoms with Crippen molar-refractivity contribution in [2.45, 2.75) is 24.0 Å². The number of hydrogen-bond acceptors (Lipinski definition) is 4. The third-order valence-corrected chi connectivity index (χ3v) is 5.63. The number of fused-ring (bicyclic) bond motifs is 1. The van der Waals surface area contributed by atoms with Gasteiger partial charge in [0.25, 0.3) is 9.05 Å². The van der Waals surface area contributed by atoms with Gasteiger partial charge in [-0.05, 0) is 18.4 Å². The van der Waals surface area contributed by atoms with Crippen LogP contribution in [-0.4, -0.2) is 14.2 Å². The van der Waals surface area contributed by atoms with Crippen molar-refractivity contribution in [2.75, 3.05) is 0 Å².